The van der Waals surface area contributed by atoms with Crippen molar-refractivity contribution in [2.24, 2.45) is 5.92 Å². The number of hydrogen-bond acceptors (Lipinski definition) is 7. The predicted molar refractivity (Wildman–Crippen MR) is 158 cm³/mol. The number of piperidine rings is 1. The second kappa shape index (κ2) is 12.9. The lowest BCUT2D eigenvalue weighted by atomic mass is 9.96. The van der Waals surface area contributed by atoms with Crippen LogP contribution in [0.3, 0.4) is 0 Å². The highest BCUT2D eigenvalue weighted by Gasteiger charge is 2.24. The minimum absolute atomic E-state index is 0.0442. The van der Waals surface area contributed by atoms with Gasteiger partial charge in [-0.25, -0.2) is 0 Å². The molecule has 1 N–H and O–H groups in total. The van der Waals surface area contributed by atoms with E-state index in [1.165, 1.54) is 60.4 Å². The summed E-state index contributed by atoms with van der Waals surface area (Å²) in [5, 5.41) is 3.72. The summed E-state index contributed by atoms with van der Waals surface area (Å²) in [4.78, 5) is 7.59. The van der Waals surface area contributed by atoms with Crippen molar-refractivity contribution in [3.8, 4) is 0 Å². The molecule has 7 heteroatoms. The van der Waals surface area contributed by atoms with Gasteiger partial charge in [-0.2, -0.15) is 0 Å². The molecule has 0 aromatic heterocycles. The van der Waals surface area contributed by atoms with Crippen molar-refractivity contribution in [3.05, 3.63) is 59.2 Å². The van der Waals surface area contributed by atoms with Gasteiger partial charge in [0.25, 0.3) is 0 Å². The van der Waals surface area contributed by atoms with Crippen molar-refractivity contribution in [3.63, 3.8) is 0 Å². The summed E-state index contributed by atoms with van der Waals surface area (Å²) in [6.45, 7) is 9.97. The van der Waals surface area contributed by atoms with Crippen molar-refractivity contribution >= 4 is 23.3 Å². The van der Waals surface area contributed by atoms with Gasteiger partial charge in [-0.15, -0.1) is 0 Å². The van der Waals surface area contributed by atoms with E-state index >= 15 is 0 Å². The number of benzene rings is 2. The maximum Gasteiger partial charge on any atom is 0.133 e. The molecule has 0 radical (unpaired) electrons. The van der Waals surface area contributed by atoms with Crippen molar-refractivity contribution < 1.29 is 4.74 Å². The number of methoxy groups -OCH3 is 1. The fraction of sp³-hybridized carbons (Fsp3) is 0.600. The van der Waals surface area contributed by atoms with E-state index in [-0.39, 0.29) is 6.23 Å². The quantitative estimate of drug-likeness (QED) is 0.380. The molecule has 2 aromatic carbocycles. The van der Waals surface area contributed by atoms with Crippen LogP contribution in [0.4, 0.5) is 11.4 Å². The number of likely N-dealkylation sites (N-methyl/N-ethyl adjacent to an activating group) is 1. The Balaban J connectivity index is 1.25. The lowest BCUT2D eigenvalue weighted by Crippen LogP contribution is -2.45. The van der Waals surface area contributed by atoms with Crippen LogP contribution in [0.1, 0.15) is 42.2 Å². The molecule has 0 amide bonds. The molecule has 202 valence electrons. The maximum absolute atomic E-state index is 5.93. The number of para-hydroxylation sites is 1. The third kappa shape index (κ3) is 6.63. The summed E-state index contributed by atoms with van der Waals surface area (Å²) in [6.07, 6.45) is 7.01. The molecule has 2 saturated heterocycles. The maximum atomic E-state index is 5.93. The van der Waals surface area contributed by atoms with Gasteiger partial charge in [0.15, 0.2) is 0 Å². The number of anilines is 2. The second-order valence-corrected chi connectivity index (χ2v) is 11.8. The number of nitrogens with zero attached hydrogens (tertiary/aromatic N) is 4. The molecule has 0 bridgehead atoms. The fourth-order valence-corrected chi connectivity index (χ4v) is 6.71. The molecule has 37 heavy (non-hydrogen) atoms. The summed E-state index contributed by atoms with van der Waals surface area (Å²) >= 11 is 1.88. The molecule has 1 unspecified atom stereocenters. The first kappa shape index (κ1) is 26.8. The van der Waals surface area contributed by atoms with Gasteiger partial charge in [-0.1, -0.05) is 36.2 Å². The Labute approximate surface area is 228 Å². The summed E-state index contributed by atoms with van der Waals surface area (Å²) in [7, 11) is 4.05. The van der Waals surface area contributed by atoms with E-state index < -0.39 is 0 Å². The minimum atomic E-state index is -0.0442. The van der Waals surface area contributed by atoms with Gasteiger partial charge in [0.1, 0.15) is 6.23 Å². The van der Waals surface area contributed by atoms with Crippen molar-refractivity contribution in [1.82, 2.24) is 14.5 Å². The van der Waals surface area contributed by atoms with Gasteiger partial charge < -0.3 is 19.4 Å². The van der Waals surface area contributed by atoms with E-state index in [4.69, 9.17) is 4.74 Å². The zero-order chi connectivity index (χ0) is 25.6. The Morgan fingerprint density at radius 2 is 1.76 bits per heavy atom. The highest BCUT2D eigenvalue weighted by atomic mass is 32.2. The topological polar surface area (TPSA) is 34.2 Å². The Morgan fingerprint density at radius 1 is 0.973 bits per heavy atom. The van der Waals surface area contributed by atoms with Crippen LogP contribution in [0.2, 0.25) is 0 Å². The van der Waals surface area contributed by atoms with Crippen molar-refractivity contribution in [1.29, 1.82) is 0 Å². The zero-order valence-electron chi connectivity index (χ0n) is 23.0. The van der Waals surface area contributed by atoms with E-state index in [1.807, 2.05) is 19.1 Å². The van der Waals surface area contributed by atoms with Crippen LogP contribution < -0.4 is 15.1 Å². The first-order valence-corrected chi connectivity index (χ1v) is 15.3. The number of rotatable bonds is 9. The van der Waals surface area contributed by atoms with Crippen LogP contribution in [0.5, 0.6) is 0 Å². The van der Waals surface area contributed by atoms with Gasteiger partial charge in [0.2, 0.25) is 0 Å². The van der Waals surface area contributed by atoms with E-state index in [1.54, 1.807) is 0 Å². The largest absolute Gasteiger partial charge is 0.369 e. The van der Waals surface area contributed by atoms with Crippen molar-refractivity contribution in [2.45, 2.75) is 38.5 Å². The Morgan fingerprint density at radius 3 is 2.51 bits per heavy atom. The van der Waals surface area contributed by atoms with Crippen LogP contribution in [-0.2, 0) is 17.7 Å². The van der Waals surface area contributed by atoms with E-state index in [2.05, 4.69) is 80.1 Å². The molecule has 2 fully saturated rings. The SMILES string of the molecule is COC(NCC1CCN(SC)CC1)c1ccc2c(c1)CCCN2Cc1ccccc1N1CCN(C)CC1. The Kier molecular flexibility index (Phi) is 9.32. The summed E-state index contributed by atoms with van der Waals surface area (Å²) in [5.41, 5.74) is 6.95. The second-order valence-electron chi connectivity index (χ2n) is 10.9. The van der Waals surface area contributed by atoms with Crippen molar-refractivity contribution in [2.75, 3.05) is 82.6 Å². The first-order valence-electron chi connectivity index (χ1n) is 14.1. The average Bonchev–Trinajstić information content (AvgIpc) is 2.94. The minimum Gasteiger partial charge on any atom is -0.369 e. The highest BCUT2D eigenvalue weighted by Crippen LogP contribution is 2.33. The summed E-state index contributed by atoms with van der Waals surface area (Å²) in [6, 6.07) is 16.0. The van der Waals surface area contributed by atoms with Crippen LogP contribution in [-0.4, -0.2) is 82.0 Å². The third-order valence-electron chi connectivity index (χ3n) is 8.48. The number of piperazine rings is 1. The molecule has 3 aliphatic heterocycles. The Bertz CT molecular complexity index is 1000. The third-order valence-corrected chi connectivity index (χ3v) is 9.36. The van der Waals surface area contributed by atoms with Gasteiger partial charge >= 0.3 is 0 Å². The molecule has 0 spiro atoms. The van der Waals surface area contributed by atoms with Gasteiger partial charge in [0.05, 0.1) is 0 Å². The highest BCUT2D eigenvalue weighted by molar-refractivity contribution is 7.96. The predicted octanol–water partition coefficient (Wildman–Crippen LogP) is 4.62. The zero-order valence-corrected chi connectivity index (χ0v) is 23.8. The number of nitrogens with one attached hydrogen (secondary N) is 1. The molecule has 5 rings (SSSR count). The number of aryl methyl sites for hydroxylation is 1. The molecule has 3 heterocycles. The first-order chi connectivity index (χ1) is 18.1. The van der Waals surface area contributed by atoms with Gasteiger partial charge in [-0.3, -0.25) is 9.62 Å². The van der Waals surface area contributed by atoms with E-state index in [9.17, 15) is 0 Å². The van der Waals surface area contributed by atoms with Crippen LogP contribution in [0, 0.1) is 5.92 Å². The molecular weight excluding hydrogens is 478 g/mol. The van der Waals surface area contributed by atoms with Crippen LogP contribution in [0.15, 0.2) is 42.5 Å². The van der Waals surface area contributed by atoms with Gasteiger partial charge in [-0.05, 0) is 79.8 Å². The molecule has 2 aromatic rings. The molecule has 1 atom stereocenters. The number of fused-ring (bicyclic) bond motifs is 1. The van der Waals surface area contributed by atoms with E-state index in [0.29, 0.717) is 0 Å². The lowest BCUT2D eigenvalue weighted by molar-refractivity contribution is 0.0671. The summed E-state index contributed by atoms with van der Waals surface area (Å²) in [5.74, 6) is 0.731. The molecule has 3 aliphatic rings. The summed E-state index contributed by atoms with van der Waals surface area (Å²) < 4.78 is 8.40. The molecule has 6 nitrogen and oxygen atoms in total. The number of ether oxygens (including phenoxy) is 1. The monoisotopic (exact) mass is 523 g/mol. The molecular formula is C30H45N5OS. The van der Waals surface area contributed by atoms with Crippen LogP contribution >= 0.6 is 11.9 Å². The lowest BCUT2D eigenvalue weighted by Gasteiger charge is -2.37. The Hall–Kier alpha value is -1.77. The smallest absolute Gasteiger partial charge is 0.133 e. The van der Waals surface area contributed by atoms with Gasteiger partial charge in [0, 0.05) is 77.4 Å². The average molecular weight is 524 g/mol. The number of hydrogen-bond donors (Lipinski definition) is 1. The molecule has 0 aliphatic carbocycles. The fourth-order valence-electron chi connectivity index (χ4n) is 6.14. The standard InChI is InChI=1S/C30H45N5OS/c1-32-17-19-33(20-18-32)28-9-5-4-7-27(28)23-34-14-6-8-25-21-26(10-11-29(25)34)30(36-2)31-22-24-12-15-35(37-3)16-13-24/h4-5,7,9-11,21,24,30-31H,6,8,12-20,22-23H2,1-3H3. The van der Waals surface area contributed by atoms with Crippen LogP contribution in [0.25, 0.3) is 0 Å². The van der Waals surface area contributed by atoms with E-state index in [0.717, 1.165) is 58.2 Å². The molecule has 0 saturated carbocycles. The normalized spacial score (nSPS) is 20.7.